The number of hydrogen-bond acceptors (Lipinski definition) is 3. The van der Waals surface area contributed by atoms with Crippen molar-refractivity contribution >= 4 is 15.9 Å². The number of rotatable bonds is 4. The summed E-state index contributed by atoms with van der Waals surface area (Å²) in [6, 6.07) is 6.56. The van der Waals surface area contributed by atoms with Gasteiger partial charge < -0.3 is 9.63 Å². The van der Waals surface area contributed by atoms with Crippen LogP contribution < -0.4 is 0 Å². The summed E-state index contributed by atoms with van der Waals surface area (Å²) in [7, 11) is 0. The first kappa shape index (κ1) is 12.3. The number of hydrogen-bond donors (Lipinski definition) is 1. The second-order valence-corrected chi connectivity index (χ2v) is 4.49. The van der Waals surface area contributed by atoms with Gasteiger partial charge in [-0.1, -0.05) is 11.2 Å². The van der Waals surface area contributed by atoms with Crippen LogP contribution in [0.5, 0.6) is 0 Å². The molecule has 0 bridgehead atoms. The van der Waals surface area contributed by atoms with E-state index >= 15 is 0 Å². The van der Waals surface area contributed by atoms with E-state index in [9.17, 15) is 4.39 Å². The highest BCUT2D eigenvalue weighted by molar-refractivity contribution is 9.10. The third-order valence-electron chi connectivity index (χ3n) is 2.36. The van der Waals surface area contributed by atoms with Gasteiger partial charge in [0, 0.05) is 24.7 Å². The summed E-state index contributed by atoms with van der Waals surface area (Å²) in [5.74, 6) is 0.361. The number of aliphatic hydroxyl groups is 1. The molecule has 1 N–H and O–H groups in total. The van der Waals surface area contributed by atoms with Crippen LogP contribution in [0.2, 0.25) is 0 Å². The van der Waals surface area contributed by atoms with Gasteiger partial charge in [0.1, 0.15) is 17.3 Å². The number of nitrogens with zero attached hydrogens (tertiary/aromatic N) is 1. The Bertz CT molecular complexity index is 513. The van der Waals surface area contributed by atoms with Crippen molar-refractivity contribution in [3.63, 3.8) is 0 Å². The van der Waals surface area contributed by atoms with E-state index in [1.54, 1.807) is 18.2 Å². The highest BCUT2D eigenvalue weighted by atomic mass is 79.9. The SMILES string of the molecule is OCCCc1cc(-c2ccc(Br)c(F)c2)no1. The zero-order chi connectivity index (χ0) is 12.3. The molecule has 0 amide bonds. The van der Waals surface area contributed by atoms with Crippen LogP contribution in [0.3, 0.4) is 0 Å². The lowest BCUT2D eigenvalue weighted by Gasteiger charge is -1.97. The molecule has 0 aliphatic heterocycles. The van der Waals surface area contributed by atoms with E-state index in [2.05, 4.69) is 21.1 Å². The second kappa shape index (κ2) is 5.42. The Labute approximate surface area is 106 Å². The van der Waals surface area contributed by atoms with Gasteiger partial charge in [-0.25, -0.2) is 4.39 Å². The minimum absolute atomic E-state index is 0.114. The Morgan fingerprint density at radius 2 is 2.18 bits per heavy atom. The van der Waals surface area contributed by atoms with Gasteiger partial charge in [-0.2, -0.15) is 0 Å². The normalized spacial score (nSPS) is 10.8. The molecule has 0 fully saturated rings. The smallest absolute Gasteiger partial charge is 0.138 e. The summed E-state index contributed by atoms with van der Waals surface area (Å²) in [5, 5.41) is 12.6. The molecule has 90 valence electrons. The minimum Gasteiger partial charge on any atom is -0.396 e. The van der Waals surface area contributed by atoms with Crippen molar-refractivity contribution in [2.24, 2.45) is 0 Å². The molecule has 1 aromatic carbocycles. The van der Waals surface area contributed by atoms with Crippen molar-refractivity contribution in [1.29, 1.82) is 0 Å². The van der Waals surface area contributed by atoms with Gasteiger partial charge in [-0.05, 0) is 34.5 Å². The second-order valence-electron chi connectivity index (χ2n) is 3.63. The lowest BCUT2D eigenvalue weighted by Crippen LogP contribution is -1.86. The Kier molecular flexibility index (Phi) is 3.91. The Hall–Kier alpha value is -1.20. The van der Waals surface area contributed by atoms with Crippen LogP contribution in [0.1, 0.15) is 12.2 Å². The Morgan fingerprint density at radius 1 is 1.35 bits per heavy atom. The fraction of sp³-hybridized carbons (Fsp3) is 0.250. The maximum atomic E-state index is 13.3. The Balaban J connectivity index is 2.21. The molecule has 2 rings (SSSR count). The highest BCUT2D eigenvalue weighted by Crippen LogP contribution is 2.24. The van der Waals surface area contributed by atoms with E-state index in [4.69, 9.17) is 9.63 Å². The number of aromatic nitrogens is 1. The molecule has 17 heavy (non-hydrogen) atoms. The largest absolute Gasteiger partial charge is 0.396 e. The maximum absolute atomic E-state index is 13.3. The highest BCUT2D eigenvalue weighted by Gasteiger charge is 2.08. The Morgan fingerprint density at radius 3 is 2.88 bits per heavy atom. The first-order chi connectivity index (χ1) is 8.20. The first-order valence-electron chi connectivity index (χ1n) is 5.22. The van der Waals surface area contributed by atoms with Gasteiger partial charge in [-0.15, -0.1) is 0 Å². The molecule has 1 aromatic heterocycles. The molecule has 0 spiro atoms. The average Bonchev–Trinajstić information content (AvgIpc) is 2.79. The fourth-order valence-corrected chi connectivity index (χ4v) is 1.72. The summed E-state index contributed by atoms with van der Waals surface area (Å²) >= 11 is 3.09. The van der Waals surface area contributed by atoms with Gasteiger partial charge in [-0.3, -0.25) is 0 Å². The molecule has 1 heterocycles. The van der Waals surface area contributed by atoms with Crippen LogP contribution in [0, 0.1) is 5.82 Å². The number of halogens is 2. The van der Waals surface area contributed by atoms with Crippen LogP contribution in [0.4, 0.5) is 4.39 Å². The van der Waals surface area contributed by atoms with E-state index in [1.165, 1.54) is 6.07 Å². The van der Waals surface area contributed by atoms with Crippen molar-refractivity contribution in [1.82, 2.24) is 5.16 Å². The van der Waals surface area contributed by atoms with Crippen LogP contribution in [0.15, 0.2) is 33.3 Å². The summed E-state index contributed by atoms with van der Waals surface area (Å²) in [4.78, 5) is 0. The molecule has 0 unspecified atom stereocenters. The quantitative estimate of drug-likeness (QED) is 0.943. The van der Waals surface area contributed by atoms with Gasteiger partial charge in [0.2, 0.25) is 0 Å². The minimum atomic E-state index is -0.331. The van der Waals surface area contributed by atoms with Crippen molar-refractivity contribution in [3.8, 4) is 11.3 Å². The third kappa shape index (κ3) is 2.92. The van der Waals surface area contributed by atoms with E-state index in [0.717, 1.165) is 0 Å². The van der Waals surface area contributed by atoms with Crippen molar-refractivity contribution in [3.05, 3.63) is 40.3 Å². The van der Waals surface area contributed by atoms with E-state index in [1.807, 2.05) is 0 Å². The van der Waals surface area contributed by atoms with E-state index < -0.39 is 0 Å². The molecular weight excluding hydrogens is 289 g/mol. The van der Waals surface area contributed by atoms with E-state index in [0.29, 0.717) is 34.3 Å². The zero-order valence-electron chi connectivity index (χ0n) is 8.99. The molecule has 0 saturated heterocycles. The van der Waals surface area contributed by atoms with Gasteiger partial charge in [0.05, 0.1) is 4.47 Å². The van der Waals surface area contributed by atoms with Gasteiger partial charge >= 0.3 is 0 Å². The maximum Gasteiger partial charge on any atom is 0.138 e. The number of aryl methyl sites for hydroxylation is 1. The molecule has 3 nitrogen and oxygen atoms in total. The molecule has 0 radical (unpaired) electrons. The predicted molar refractivity (Wildman–Crippen MR) is 65.0 cm³/mol. The number of benzene rings is 1. The molecule has 0 aliphatic carbocycles. The molecule has 0 saturated carbocycles. The molecule has 0 atom stereocenters. The van der Waals surface area contributed by atoms with Crippen LogP contribution in [-0.2, 0) is 6.42 Å². The number of aliphatic hydroxyl groups excluding tert-OH is 1. The summed E-state index contributed by atoms with van der Waals surface area (Å²) < 4.78 is 18.9. The van der Waals surface area contributed by atoms with Crippen molar-refractivity contribution < 1.29 is 14.0 Å². The monoisotopic (exact) mass is 299 g/mol. The van der Waals surface area contributed by atoms with E-state index in [-0.39, 0.29) is 12.4 Å². The molecule has 0 aliphatic rings. The predicted octanol–water partition coefficient (Wildman–Crippen LogP) is 3.17. The average molecular weight is 300 g/mol. The van der Waals surface area contributed by atoms with Crippen molar-refractivity contribution in [2.75, 3.05) is 6.61 Å². The van der Waals surface area contributed by atoms with Gasteiger partial charge in [0.15, 0.2) is 0 Å². The third-order valence-corrected chi connectivity index (χ3v) is 3.00. The van der Waals surface area contributed by atoms with Gasteiger partial charge in [0.25, 0.3) is 0 Å². The van der Waals surface area contributed by atoms with Crippen LogP contribution in [0.25, 0.3) is 11.3 Å². The topological polar surface area (TPSA) is 46.3 Å². The summed E-state index contributed by atoms with van der Waals surface area (Å²) in [6.07, 6.45) is 1.26. The molecular formula is C12H11BrFNO2. The summed E-state index contributed by atoms with van der Waals surface area (Å²) in [5.41, 5.74) is 1.27. The van der Waals surface area contributed by atoms with Crippen LogP contribution in [-0.4, -0.2) is 16.9 Å². The standard InChI is InChI=1S/C12H11BrFNO2/c13-10-4-3-8(6-11(10)14)12-7-9(17-15-12)2-1-5-16/h3-4,6-7,16H,1-2,5H2. The van der Waals surface area contributed by atoms with Crippen LogP contribution >= 0.6 is 15.9 Å². The molecule has 5 heteroatoms. The molecule has 2 aromatic rings. The lowest BCUT2D eigenvalue weighted by atomic mass is 10.1. The summed E-state index contributed by atoms with van der Waals surface area (Å²) in [6.45, 7) is 0.114. The van der Waals surface area contributed by atoms with Crippen molar-refractivity contribution in [2.45, 2.75) is 12.8 Å². The first-order valence-corrected chi connectivity index (χ1v) is 6.02. The zero-order valence-corrected chi connectivity index (χ0v) is 10.6. The lowest BCUT2D eigenvalue weighted by molar-refractivity contribution is 0.280. The fourth-order valence-electron chi connectivity index (χ4n) is 1.48.